The maximum atomic E-state index is 12.1. The second kappa shape index (κ2) is 8.39. The van der Waals surface area contributed by atoms with E-state index in [4.69, 9.17) is 9.47 Å². The highest BCUT2D eigenvalue weighted by molar-refractivity contribution is 5.89. The number of anilines is 3. The Labute approximate surface area is 162 Å². The van der Waals surface area contributed by atoms with Gasteiger partial charge in [0.25, 0.3) is 0 Å². The number of ether oxygens (including phenoxy) is 2. The molecule has 0 aliphatic carbocycles. The van der Waals surface area contributed by atoms with Crippen LogP contribution in [0, 0.1) is 0 Å². The third kappa shape index (κ3) is 4.56. The summed E-state index contributed by atoms with van der Waals surface area (Å²) < 4.78 is 11.1. The Morgan fingerprint density at radius 3 is 2.43 bits per heavy atom. The van der Waals surface area contributed by atoms with Crippen LogP contribution >= 0.6 is 0 Å². The smallest absolute Gasteiger partial charge is 0.225 e. The van der Waals surface area contributed by atoms with E-state index in [2.05, 4.69) is 20.8 Å². The van der Waals surface area contributed by atoms with E-state index < -0.39 is 0 Å². The van der Waals surface area contributed by atoms with Gasteiger partial charge in [-0.3, -0.25) is 4.79 Å². The summed E-state index contributed by atoms with van der Waals surface area (Å²) in [4.78, 5) is 12.1. The van der Waals surface area contributed by atoms with Gasteiger partial charge in [-0.2, -0.15) is 0 Å². The van der Waals surface area contributed by atoms with Gasteiger partial charge in [-0.05, 0) is 36.2 Å². The minimum atomic E-state index is -0.0919. The first-order valence-corrected chi connectivity index (χ1v) is 9.10. The summed E-state index contributed by atoms with van der Waals surface area (Å²) in [7, 11) is 0. The van der Waals surface area contributed by atoms with Crippen LogP contribution in [0.5, 0.6) is 11.5 Å². The van der Waals surface area contributed by atoms with Crippen LogP contribution in [0.3, 0.4) is 0 Å². The number of carbonyl (C=O) groups excluding carboxylic acids is 1. The zero-order valence-electron chi connectivity index (χ0n) is 15.2. The van der Waals surface area contributed by atoms with Crippen molar-refractivity contribution in [2.24, 2.45) is 0 Å². The van der Waals surface area contributed by atoms with Crippen molar-refractivity contribution in [2.75, 3.05) is 23.8 Å². The molecule has 3 aromatic rings. The minimum Gasteiger partial charge on any atom is -0.486 e. The Bertz CT molecular complexity index is 946. The van der Waals surface area contributed by atoms with Gasteiger partial charge < -0.3 is 20.1 Å². The zero-order valence-corrected chi connectivity index (χ0v) is 15.2. The van der Waals surface area contributed by atoms with E-state index in [9.17, 15) is 4.79 Å². The van der Waals surface area contributed by atoms with E-state index in [-0.39, 0.29) is 5.91 Å². The predicted octanol–water partition coefficient (Wildman–Crippen LogP) is 3.56. The zero-order chi connectivity index (χ0) is 19.2. The lowest BCUT2D eigenvalue weighted by molar-refractivity contribution is -0.116. The molecule has 0 radical (unpaired) electrons. The number of nitrogens with one attached hydrogen (secondary N) is 2. The highest BCUT2D eigenvalue weighted by atomic mass is 16.6. The molecule has 0 saturated carbocycles. The highest BCUT2D eigenvalue weighted by Crippen LogP contribution is 2.33. The summed E-state index contributed by atoms with van der Waals surface area (Å²) in [6, 6.07) is 19.0. The van der Waals surface area contributed by atoms with Crippen molar-refractivity contribution in [3.05, 3.63) is 66.2 Å². The van der Waals surface area contributed by atoms with Crippen molar-refractivity contribution in [3.8, 4) is 11.5 Å². The van der Waals surface area contributed by atoms with Crippen molar-refractivity contribution in [1.82, 2.24) is 10.2 Å². The van der Waals surface area contributed by atoms with Crippen molar-refractivity contribution in [2.45, 2.75) is 12.8 Å². The quantitative estimate of drug-likeness (QED) is 0.684. The van der Waals surface area contributed by atoms with Gasteiger partial charge in [0.2, 0.25) is 5.91 Å². The Hall–Kier alpha value is -3.61. The number of nitrogens with zero attached hydrogens (tertiary/aromatic N) is 2. The fourth-order valence-electron chi connectivity index (χ4n) is 2.84. The lowest BCUT2D eigenvalue weighted by Crippen LogP contribution is -2.15. The van der Waals surface area contributed by atoms with Gasteiger partial charge in [-0.15, -0.1) is 10.2 Å². The van der Waals surface area contributed by atoms with E-state index in [1.54, 1.807) is 12.1 Å². The van der Waals surface area contributed by atoms with Gasteiger partial charge in [-0.25, -0.2) is 0 Å². The van der Waals surface area contributed by atoms with Gasteiger partial charge in [0.05, 0.1) is 0 Å². The number of aromatic nitrogens is 2. The monoisotopic (exact) mass is 376 g/mol. The molecule has 0 unspecified atom stereocenters. The summed E-state index contributed by atoms with van der Waals surface area (Å²) in [5, 5.41) is 14.1. The SMILES string of the molecule is O=C(CCc1ccccc1)Nc1ccc(Nc2ccc3c(c2)OCCO3)nn1. The molecule has 1 amide bonds. The van der Waals surface area contributed by atoms with Crippen molar-refractivity contribution in [1.29, 1.82) is 0 Å². The van der Waals surface area contributed by atoms with Crippen LogP contribution in [0.4, 0.5) is 17.3 Å². The fourth-order valence-corrected chi connectivity index (χ4v) is 2.84. The van der Waals surface area contributed by atoms with Gasteiger partial charge >= 0.3 is 0 Å². The van der Waals surface area contributed by atoms with Crippen molar-refractivity contribution >= 4 is 23.2 Å². The molecule has 0 bridgehead atoms. The van der Waals surface area contributed by atoms with Gasteiger partial charge in [0.1, 0.15) is 13.2 Å². The molecule has 28 heavy (non-hydrogen) atoms. The molecule has 2 aromatic carbocycles. The van der Waals surface area contributed by atoms with E-state index in [0.717, 1.165) is 17.0 Å². The summed E-state index contributed by atoms with van der Waals surface area (Å²) in [6.07, 6.45) is 1.08. The van der Waals surface area contributed by atoms with Gasteiger partial charge in [0.15, 0.2) is 23.1 Å². The molecule has 1 aliphatic heterocycles. The second-order valence-corrected chi connectivity index (χ2v) is 6.32. The van der Waals surface area contributed by atoms with E-state index >= 15 is 0 Å². The third-order valence-electron chi connectivity index (χ3n) is 4.23. The molecule has 0 atom stereocenters. The molecule has 142 valence electrons. The van der Waals surface area contributed by atoms with Gasteiger partial charge in [-0.1, -0.05) is 30.3 Å². The maximum absolute atomic E-state index is 12.1. The number of aryl methyl sites for hydroxylation is 1. The summed E-state index contributed by atoms with van der Waals surface area (Å²) in [6.45, 7) is 1.10. The summed E-state index contributed by atoms with van der Waals surface area (Å²) in [5.74, 6) is 2.33. The standard InChI is InChI=1S/C21H20N4O3/c26-21(11-6-15-4-2-1-3-5-15)23-20-10-9-19(24-25-20)22-16-7-8-17-18(14-16)28-13-12-27-17/h1-5,7-10,14H,6,11-13H2,(H,22,24)(H,23,25,26). The average molecular weight is 376 g/mol. The molecule has 0 fully saturated rings. The normalized spacial score (nSPS) is 12.3. The highest BCUT2D eigenvalue weighted by Gasteiger charge is 2.12. The molecule has 7 heteroatoms. The number of hydrogen-bond acceptors (Lipinski definition) is 6. The molecule has 0 spiro atoms. The molecule has 7 nitrogen and oxygen atoms in total. The van der Waals surface area contributed by atoms with E-state index in [0.29, 0.717) is 43.4 Å². The molecule has 2 heterocycles. The largest absolute Gasteiger partial charge is 0.486 e. The van der Waals surface area contributed by atoms with E-state index in [1.165, 1.54) is 0 Å². The Morgan fingerprint density at radius 1 is 0.893 bits per heavy atom. The van der Waals surface area contributed by atoms with Crippen LogP contribution in [0.15, 0.2) is 60.7 Å². The van der Waals surface area contributed by atoms with E-state index in [1.807, 2.05) is 48.5 Å². The van der Waals surface area contributed by atoms with Gasteiger partial charge in [0, 0.05) is 18.2 Å². The van der Waals surface area contributed by atoms with Crippen LogP contribution in [0.1, 0.15) is 12.0 Å². The van der Waals surface area contributed by atoms with Crippen LogP contribution < -0.4 is 20.1 Å². The van der Waals surface area contributed by atoms with Crippen LogP contribution in [-0.4, -0.2) is 29.3 Å². The number of rotatable bonds is 6. The van der Waals surface area contributed by atoms with Crippen LogP contribution in [0.2, 0.25) is 0 Å². The minimum absolute atomic E-state index is 0.0919. The van der Waals surface area contributed by atoms with Crippen molar-refractivity contribution < 1.29 is 14.3 Å². The second-order valence-electron chi connectivity index (χ2n) is 6.32. The first-order valence-electron chi connectivity index (χ1n) is 9.10. The lowest BCUT2D eigenvalue weighted by Gasteiger charge is -2.19. The average Bonchev–Trinajstić information content (AvgIpc) is 2.74. The molecule has 1 aliphatic rings. The summed E-state index contributed by atoms with van der Waals surface area (Å²) in [5.41, 5.74) is 1.95. The number of amides is 1. The molecular weight excluding hydrogens is 356 g/mol. The topological polar surface area (TPSA) is 85.4 Å². The Morgan fingerprint density at radius 2 is 1.64 bits per heavy atom. The lowest BCUT2D eigenvalue weighted by atomic mass is 10.1. The number of fused-ring (bicyclic) bond motifs is 1. The van der Waals surface area contributed by atoms with Crippen molar-refractivity contribution in [3.63, 3.8) is 0 Å². The first kappa shape index (κ1) is 17.8. The molecular formula is C21H20N4O3. The van der Waals surface area contributed by atoms with Crippen LogP contribution in [-0.2, 0) is 11.2 Å². The third-order valence-corrected chi connectivity index (χ3v) is 4.23. The molecule has 2 N–H and O–H groups in total. The maximum Gasteiger partial charge on any atom is 0.225 e. The molecule has 4 rings (SSSR count). The predicted molar refractivity (Wildman–Crippen MR) is 106 cm³/mol. The molecule has 0 saturated heterocycles. The summed E-state index contributed by atoms with van der Waals surface area (Å²) >= 11 is 0. The number of benzene rings is 2. The number of carbonyl (C=O) groups is 1. The number of hydrogen-bond donors (Lipinski definition) is 2. The first-order chi connectivity index (χ1) is 13.8. The Balaban J connectivity index is 1.31. The fraction of sp³-hybridized carbons (Fsp3) is 0.190. The molecule has 1 aromatic heterocycles. The van der Waals surface area contributed by atoms with Crippen LogP contribution in [0.25, 0.3) is 0 Å². The Kier molecular flexibility index (Phi) is 5.33.